The molecule has 1 aromatic carbocycles. The molecule has 0 saturated carbocycles. The lowest BCUT2D eigenvalue weighted by atomic mass is 10.2. The number of rotatable bonds is 5. The Morgan fingerprint density at radius 3 is 2.54 bits per heavy atom. The Balaban J connectivity index is 1.51. The molecule has 3 heterocycles. The molecule has 144 valence electrons. The Morgan fingerprint density at radius 1 is 0.893 bits per heavy atom. The molecule has 5 heteroatoms. The lowest BCUT2D eigenvalue weighted by molar-refractivity contribution is 0.285. The van der Waals surface area contributed by atoms with Gasteiger partial charge in [0, 0.05) is 50.7 Å². The van der Waals surface area contributed by atoms with E-state index in [1.807, 2.05) is 18.2 Å². The van der Waals surface area contributed by atoms with Crippen molar-refractivity contribution in [3.8, 4) is 11.5 Å². The van der Waals surface area contributed by atoms with E-state index in [4.69, 9.17) is 9.97 Å². The molecule has 4 rings (SSSR count). The van der Waals surface area contributed by atoms with Gasteiger partial charge in [0.05, 0.1) is 0 Å². The fourth-order valence-corrected chi connectivity index (χ4v) is 3.64. The largest absolute Gasteiger partial charge is 0.355 e. The molecule has 1 saturated heterocycles. The number of hydrogen-bond donors (Lipinski definition) is 0. The molecule has 0 unspecified atom stereocenters. The van der Waals surface area contributed by atoms with Crippen LogP contribution in [0.15, 0.2) is 60.8 Å². The Kier molecular flexibility index (Phi) is 5.92. The first-order chi connectivity index (χ1) is 13.8. The van der Waals surface area contributed by atoms with Crippen molar-refractivity contribution in [3.63, 3.8) is 0 Å². The van der Waals surface area contributed by atoms with E-state index in [0.717, 1.165) is 68.6 Å². The fourth-order valence-electron chi connectivity index (χ4n) is 3.64. The molecule has 5 nitrogen and oxygen atoms in total. The molecule has 0 atom stereocenters. The van der Waals surface area contributed by atoms with Crippen LogP contribution in [0.25, 0.3) is 11.5 Å². The molecule has 0 spiro atoms. The van der Waals surface area contributed by atoms with E-state index in [1.54, 1.807) is 6.20 Å². The van der Waals surface area contributed by atoms with Gasteiger partial charge in [0.25, 0.3) is 0 Å². The second kappa shape index (κ2) is 8.93. The predicted octanol–water partition coefficient (Wildman–Crippen LogP) is 3.81. The normalized spacial score (nSPS) is 15.4. The average molecular weight is 374 g/mol. The zero-order valence-corrected chi connectivity index (χ0v) is 16.5. The minimum absolute atomic E-state index is 0.723. The van der Waals surface area contributed by atoms with Gasteiger partial charge in [0.1, 0.15) is 11.5 Å². The van der Waals surface area contributed by atoms with Crippen LogP contribution in [0.1, 0.15) is 24.6 Å². The zero-order chi connectivity index (χ0) is 19.2. The van der Waals surface area contributed by atoms with Crippen molar-refractivity contribution in [2.24, 2.45) is 0 Å². The SMILES string of the molecule is CCc1cc(N2CCCN(Cc3ccccc3)CC2)nc(-c2ccccn2)n1. The number of pyridine rings is 1. The highest BCUT2D eigenvalue weighted by atomic mass is 15.3. The van der Waals surface area contributed by atoms with Crippen molar-refractivity contribution in [2.45, 2.75) is 26.3 Å². The summed E-state index contributed by atoms with van der Waals surface area (Å²) in [6.07, 6.45) is 3.82. The molecule has 0 amide bonds. The third-order valence-corrected chi connectivity index (χ3v) is 5.18. The first kappa shape index (κ1) is 18.6. The first-order valence-corrected chi connectivity index (χ1v) is 10.1. The Bertz CT molecular complexity index is 882. The van der Waals surface area contributed by atoms with Gasteiger partial charge in [0.2, 0.25) is 0 Å². The monoisotopic (exact) mass is 373 g/mol. The van der Waals surface area contributed by atoms with Gasteiger partial charge in [-0.1, -0.05) is 43.3 Å². The number of aryl methyl sites for hydroxylation is 1. The summed E-state index contributed by atoms with van der Waals surface area (Å²) in [6, 6.07) is 18.7. The molecular weight excluding hydrogens is 346 g/mol. The average Bonchev–Trinajstić information content (AvgIpc) is 3.00. The number of aromatic nitrogens is 3. The Hall–Kier alpha value is -2.79. The van der Waals surface area contributed by atoms with Crippen LogP contribution in [0, 0.1) is 0 Å². The van der Waals surface area contributed by atoms with Crippen molar-refractivity contribution in [3.05, 3.63) is 72.1 Å². The first-order valence-electron chi connectivity index (χ1n) is 10.1. The second-order valence-electron chi connectivity index (χ2n) is 7.21. The molecule has 0 bridgehead atoms. The maximum atomic E-state index is 4.86. The van der Waals surface area contributed by atoms with E-state index in [0.29, 0.717) is 0 Å². The van der Waals surface area contributed by atoms with E-state index >= 15 is 0 Å². The van der Waals surface area contributed by atoms with Crippen molar-refractivity contribution < 1.29 is 0 Å². The van der Waals surface area contributed by atoms with Gasteiger partial charge in [-0.15, -0.1) is 0 Å². The van der Waals surface area contributed by atoms with Crippen LogP contribution in [0.2, 0.25) is 0 Å². The van der Waals surface area contributed by atoms with E-state index < -0.39 is 0 Å². The Morgan fingerprint density at radius 2 is 1.75 bits per heavy atom. The molecule has 0 aliphatic carbocycles. The smallest absolute Gasteiger partial charge is 0.180 e. The summed E-state index contributed by atoms with van der Waals surface area (Å²) in [5, 5.41) is 0. The van der Waals surface area contributed by atoms with E-state index in [-0.39, 0.29) is 0 Å². The van der Waals surface area contributed by atoms with Crippen molar-refractivity contribution >= 4 is 5.82 Å². The predicted molar refractivity (Wildman–Crippen MR) is 113 cm³/mol. The summed E-state index contributed by atoms with van der Waals surface area (Å²) in [6.45, 7) is 7.31. The summed E-state index contributed by atoms with van der Waals surface area (Å²) >= 11 is 0. The Labute approximate surface area is 167 Å². The summed E-state index contributed by atoms with van der Waals surface area (Å²) in [7, 11) is 0. The summed E-state index contributed by atoms with van der Waals surface area (Å²) < 4.78 is 0. The molecule has 0 radical (unpaired) electrons. The number of anilines is 1. The van der Waals surface area contributed by atoms with Crippen LogP contribution in [-0.4, -0.2) is 46.0 Å². The van der Waals surface area contributed by atoms with Gasteiger partial charge in [-0.05, 0) is 30.5 Å². The second-order valence-corrected chi connectivity index (χ2v) is 7.21. The third kappa shape index (κ3) is 4.54. The van der Waals surface area contributed by atoms with Crippen LogP contribution >= 0.6 is 0 Å². The standard InChI is InChI=1S/C23H27N5/c1-2-20-17-22(26-23(25-20)21-11-6-7-12-24-21)28-14-8-13-27(15-16-28)18-19-9-4-3-5-10-19/h3-7,9-12,17H,2,8,13-16,18H2,1H3. The topological polar surface area (TPSA) is 45.2 Å². The van der Waals surface area contributed by atoms with Crippen LogP contribution in [-0.2, 0) is 13.0 Å². The van der Waals surface area contributed by atoms with Crippen molar-refractivity contribution in [1.82, 2.24) is 19.9 Å². The van der Waals surface area contributed by atoms with E-state index in [9.17, 15) is 0 Å². The summed E-state index contributed by atoms with van der Waals surface area (Å²) in [5.41, 5.74) is 3.28. The highest BCUT2D eigenvalue weighted by Gasteiger charge is 2.18. The van der Waals surface area contributed by atoms with Crippen molar-refractivity contribution in [1.29, 1.82) is 0 Å². The van der Waals surface area contributed by atoms with Gasteiger partial charge < -0.3 is 4.90 Å². The molecule has 3 aromatic rings. The molecular formula is C23H27N5. The lowest BCUT2D eigenvalue weighted by Crippen LogP contribution is -2.31. The molecule has 0 N–H and O–H groups in total. The number of hydrogen-bond acceptors (Lipinski definition) is 5. The quantitative estimate of drug-likeness (QED) is 0.680. The molecule has 1 aliphatic rings. The fraction of sp³-hybridized carbons (Fsp3) is 0.348. The highest BCUT2D eigenvalue weighted by Crippen LogP contribution is 2.21. The van der Waals surface area contributed by atoms with Gasteiger partial charge in [-0.3, -0.25) is 9.88 Å². The van der Waals surface area contributed by atoms with Crippen LogP contribution in [0.4, 0.5) is 5.82 Å². The van der Waals surface area contributed by atoms with Gasteiger partial charge >= 0.3 is 0 Å². The molecule has 1 aliphatic heterocycles. The number of benzene rings is 1. The van der Waals surface area contributed by atoms with Gasteiger partial charge in [-0.2, -0.15) is 0 Å². The van der Waals surface area contributed by atoms with Crippen molar-refractivity contribution in [2.75, 3.05) is 31.1 Å². The number of nitrogens with zero attached hydrogens (tertiary/aromatic N) is 5. The maximum absolute atomic E-state index is 4.86. The van der Waals surface area contributed by atoms with Gasteiger partial charge in [-0.25, -0.2) is 9.97 Å². The van der Waals surface area contributed by atoms with E-state index in [1.165, 1.54) is 5.56 Å². The highest BCUT2D eigenvalue weighted by molar-refractivity contribution is 5.53. The summed E-state index contributed by atoms with van der Waals surface area (Å²) in [5.74, 6) is 1.74. The molecule has 1 fully saturated rings. The zero-order valence-electron chi connectivity index (χ0n) is 16.5. The molecule has 2 aromatic heterocycles. The minimum atomic E-state index is 0.723. The van der Waals surface area contributed by atoms with Crippen LogP contribution in [0.3, 0.4) is 0 Å². The summed E-state index contributed by atoms with van der Waals surface area (Å²) in [4.78, 5) is 18.9. The maximum Gasteiger partial charge on any atom is 0.180 e. The third-order valence-electron chi connectivity index (χ3n) is 5.18. The van der Waals surface area contributed by atoms with Gasteiger partial charge in [0.15, 0.2) is 5.82 Å². The lowest BCUT2D eigenvalue weighted by Gasteiger charge is -2.23. The van der Waals surface area contributed by atoms with E-state index in [2.05, 4.69) is 58.1 Å². The minimum Gasteiger partial charge on any atom is -0.355 e. The van der Waals surface area contributed by atoms with Crippen LogP contribution in [0.5, 0.6) is 0 Å². The molecule has 28 heavy (non-hydrogen) atoms. The van der Waals surface area contributed by atoms with Crippen LogP contribution < -0.4 is 4.90 Å².